The lowest BCUT2D eigenvalue weighted by molar-refractivity contribution is 0.0263. The van der Waals surface area contributed by atoms with Gasteiger partial charge in [0.05, 0.1) is 12.6 Å². The molecule has 5 heteroatoms. The number of nitrogens with zero attached hydrogens (tertiary/aromatic N) is 2. The second-order valence-corrected chi connectivity index (χ2v) is 6.69. The molecule has 1 aliphatic heterocycles. The van der Waals surface area contributed by atoms with Gasteiger partial charge in [0.25, 0.3) is 0 Å². The summed E-state index contributed by atoms with van der Waals surface area (Å²) in [6, 6.07) is 8.36. The molecule has 1 aromatic carbocycles. The van der Waals surface area contributed by atoms with Crippen LogP contribution in [0.3, 0.4) is 0 Å². The van der Waals surface area contributed by atoms with Crippen LogP contribution >= 0.6 is 0 Å². The second kappa shape index (κ2) is 10.3. The Hall–Kier alpha value is -1.75. The molecule has 5 nitrogen and oxygen atoms in total. The number of aliphatic imine (C=N–C) groups is 1. The third-order valence-electron chi connectivity index (χ3n) is 4.56. The Morgan fingerprint density at radius 1 is 1.24 bits per heavy atom. The van der Waals surface area contributed by atoms with Crippen molar-refractivity contribution in [2.75, 3.05) is 39.9 Å². The van der Waals surface area contributed by atoms with Gasteiger partial charge >= 0.3 is 0 Å². The predicted molar refractivity (Wildman–Crippen MR) is 104 cm³/mol. The fourth-order valence-corrected chi connectivity index (χ4v) is 3.08. The Balaban J connectivity index is 1.69. The Kier molecular flexibility index (Phi) is 8.06. The van der Waals surface area contributed by atoms with Gasteiger partial charge in [0.2, 0.25) is 0 Å². The Morgan fingerprint density at radius 2 is 1.92 bits per heavy atom. The molecule has 1 fully saturated rings. The largest absolute Gasteiger partial charge is 0.492 e. The van der Waals surface area contributed by atoms with Crippen LogP contribution in [0.15, 0.2) is 29.3 Å². The van der Waals surface area contributed by atoms with Gasteiger partial charge in [-0.05, 0) is 43.4 Å². The highest BCUT2D eigenvalue weighted by molar-refractivity contribution is 5.79. The molecule has 1 saturated heterocycles. The zero-order valence-corrected chi connectivity index (χ0v) is 16.1. The van der Waals surface area contributed by atoms with Crippen molar-refractivity contribution >= 4 is 5.96 Å². The third kappa shape index (κ3) is 6.24. The average molecular weight is 348 g/mol. The van der Waals surface area contributed by atoms with Gasteiger partial charge < -0.3 is 19.7 Å². The van der Waals surface area contributed by atoms with Crippen LogP contribution in [0.2, 0.25) is 0 Å². The van der Waals surface area contributed by atoms with E-state index in [1.807, 2.05) is 19.2 Å². The van der Waals surface area contributed by atoms with Crippen molar-refractivity contribution in [3.63, 3.8) is 0 Å². The second-order valence-electron chi connectivity index (χ2n) is 6.69. The van der Waals surface area contributed by atoms with E-state index in [4.69, 9.17) is 9.47 Å². The van der Waals surface area contributed by atoms with Gasteiger partial charge in [-0.25, -0.2) is 0 Å². The number of ether oxygens (including phenoxy) is 2. The molecule has 1 aromatic rings. The molecule has 0 aromatic heterocycles. The highest BCUT2D eigenvalue weighted by atomic mass is 16.5. The third-order valence-corrected chi connectivity index (χ3v) is 4.56. The maximum absolute atomic E-state index is 5.82. The van der Waals surface area contributed by atoms with Crippen LogP contribution in [0, 0.1) is 0 Å². The first kappa shape index (κ1) is 19.6. The van der Waals surface area contributed by atoms with Gasteiger partial charge in [0, 0.05) is 26.7 Å². The quantitative estimate of drug-likeness (QED) is 0.467. The van der Waals surface area contributed by atoms with Crippen molar-refractivity contribution in [2.45, 2.75) is 45.6 Å². The van der Waals surface area contributed by atoms with Gasteiger partial charge in [-0.3, -0.25) is 4.99 Å². The summed E-state index contributed by atoms with van der Waals surface area (Å²) in [5.41, 5.74) is 1.33. The lowest BCUT2D eigenvalue weighted by atomic mass is 10.0. The highest BCUT2D eigenvalue weighted by Gasteiger charge is 2.21. The standard InChI is InChI=1S/C20H33N3O2/c1-5-24-19-10-13-23(14-11-19)20(21-4)22-12-15-25-18-8-6-17(7-9-18)16(2)3/h6-9,16,19H,5,10-15H2,1-4H3,(H,21,22). The number of likely N-dealkylation sites (tertiary alicyclic amines) is 1. The van der Waals surface area contributed by atoms with E-state index in [1.54, 1.807) is 0 Å². The van der Waals surface area contributed by atoms with E-state index in [2.05, 4.69) is 48.1 Å². The van der Waals surface area contributed by atoms with Crippen molar-refractivity contribution < 1.29 is 9.47 Å². The summed E-state index contributed by atoms with van der Waals surface area (Å²) < 4.78 is 11.5. The van der Waals surface area contributed by atoms with Crippen molar-refractivity contribution in [1.29, 1.82) is 0 Å². The van der Waals surface area contributed by atoms with E-state index < -0.39 is 0 Å². The van der Waals surface area contributed by atoms with Crippen LogP contribution < -0.4 is 10.1 Å². The SMILES string of the molecule is CCOC1CCN(C(=NC)NCCOc2ccc(C(C)C)cc2)CC1. The molecule has 1 heterocycles. The van der Waals surface area contributed by atoms with Gasteiger partial charge in [-0.15, -0.1) is 0 Å². The molecule has 1 N–H and O–H groups in total. The Bertz CT molecular complexity index is 520. The molecule has 0 unspecified atom stereocenters. The summed E-state index contributed by atoms with van der Waals surface area (Å²) in [4.78, 5) is 6.69. The summed E-state index contributed by atoms with van der Waals surface area (Å²) in [7, 11) is 1.84. The maximum atomic E-state index is 5.82. The van der Waals surface area contributed by atoms with Crippen molar-refractivity contribution in [3.8, 4) is 5.75 Å². The number of rotatable bonds is 7. The van der Waals surface area contributed by atoms with E-state index in [1.165, 1.54) is 5.56 Å². The zero-order valence-electron chi connectivity index (χ0n) is 16.1. The van der Waals surface area contributed by atoms with Crippen LogP contribution in [0.1, 0.15) is 45.1 Å². The minimum atomic E-state index is 0.400. The number of benzene rings is 1. The predicted octanol–water partition coefficient (Wildman–Crippen LogP) is 3.27. The Labute approximate surface area is 152 Å². The van der Waals surface area contributed by atoms with E-state index in [-0.39, 0.29) is 0 Å². The van der Waals surface area contributed by atoms with Gasteiger partial charge in [-0.2, -0.15) is 0 Å². The fraction of sp³-hybridized carbons (Fsp3) is 0.650. The molecule has 0 amide bonds. The number of nitrogens with one attached hydrogen (secondary N) is 1. The summed E-state index contributed by atoms with van der Waals surface area (Å²) in [6.07, 6.45) is 2.53. The maximum Gasteiger partial charge on any atom is 0.193 e. The summed E-state index contributed by atoms with van der Waals surface area (Å²) in [5.74, 6) is 2.42. The van der Waals surface area contributed by atoms with Crippen LogP contribution in [0.5, 0.6) is 5.75 Å². The van der Waals surface area contributed by atoms with E-state index in [9.17, 15) is 0 Å². The molecule has 2 rings (SSSR count). The molecule has 0 spiro atoms. The minimum absolute atomic E-state index is 0.400. The van der Waals surface area contributed by atoms with Gasteiger partial charge in [0.15, 0.2) is 5.96 Å². The molecular formula is C20H33N3O2. The first-order valence-electron chi connectivity index (χ1n) is 9.44. The molecule has 1 aliphatic rings. The van der Waals surface area contributed by atoms with E-state index >= 15 is 0 Å². The molecular weight excluding hydrogens is 314 g/mol. The normalized spacial score (nSPS) is 16.4. The van der Waals surface area contributed by atoms with Crippen molar-refractivity contribution in [1.82, 2.24) is 10.2 Å². The van der Waals surface area contributed by atoms with Crippen LogP contribution in [-0.4, -0.2) is 56.9 Å². The van der Waals surface area contributed by atoms with E-state index in [0.29, 0.717) is 18.6 Å². The number of hydrogen-bond donors (Lipinski definition) is 1. The smallest absolute Gasteiger partial charge is 0.193 e. The van der Waals surface area contributed by atoms with E-state index in [0.717, 1.165) is 50.8 Å². The molecule has 0 saturated carbocycles. The Morgan fingerprint density at radius 3 is 2.48 bits per heavy atom. The molecule has 0 radical (unpaired) electrons. The first-order valence-corrected chi connectivity index (χ1v) is 9.44. The van der Waals surface area contributed by atoms with Gasteiger partial charge in [-0.1, -0.05) is 26.0 Å². The van der Waals surface area contributed by atoms with Crippen LogP contribution in [-0.2, 0) is 4.74 Å². The lowest BCUT2D eigenvalue weighted by Crippen LogP contribution is -2.47. The lowest BCUT2D eigenvalue weighted by Gasteiger charge is -2.34. The summed E-state index contributed by atoms with van der Waals surface area (Å²) in [6.45, 7) is 10.6. The number of hydrogen-bond acceptors (Lipinski definition) is 3. The minimum Gasteiger partial charge on any atom is -0.492 e. The molecule has 0 bridgehead atoms. The summed E-state index contributed by atoms with van der Waals surface area (Å²) in [5, 5.41) is 3.40. The topological polar surface area (TPSA) is 46.1 Å². The first-order chi connectivity index (χ1) is 12.1. The van der Waals surface area contributed by atoms with Crippen LogP contribution in [0.4, 0.5) is 0 Å². The molecule has 25 heavy (non-hydrogen) atoms. The molecule has 140 valence electrons. The fourth-order valence-electron chi connectivity index (χ4n) is 3.08. The number of piperidine rings is 1. The monoisotopic (exact) mass is 347 g/mol. The molecule has 0 aliphatic carbocycles. The molecule has 0 atom stereocenters. The zero-order chi connectivity index (χ0) is 18.1. The average Bonchev–Trinajstić information content (AvgIpc) is 2.63. The van der Waals surface area contributed by atoms with Crippen LogP contribution in [0.25, 0.3) is 0 Å². The van der Waals surface area contributed by atoms with Gasteiger partial charge in [0.1, 0.15) is 12.4 Å². The van der Waals surface area contributed by atoms with Crippen molar-refractivity contribution in [2.24, 2.45) is 4.99 Å². The number of guanidine groups is 1. The van der Waals surface area contributed by atoms with Crippen molar-refractivity contribution in [3.05, 3.63) is 29.8 Å². The summed E-state index contributed by atoms with van der Waals surface area (Å²) >= 11 is 0. The highest BCUT2D eigenvalue weighted by Crippen LogP contribution is 2.18.